The number of rotatable bonds is 2. The third-order valence-electron chi connectivity index (χ3n) is 2.70. The Morgan fingerprint density at radius 2 is 1.83 bits per heavy atom. The maximum Gasteiger partial charge on any atom is 0.411 e. The molecule has 5 nitrogen and oxygen atoms in total. The summed E-state index contributed by atoms with van der Waals surface area (Å²) in [7, 11) is 1.32. The number of ether oxygens (including phenoxy) is 3. The van der Waals surface area contributed by atoms with Gasteiger partial charge in [0, 0.05) is 0 Å². The van der Waals surface area contributed by atoms with Gasteiger partial charge in [0.1, 0.15) is 11.5 Å². The van der Waals surface area contributed by atoms with E-state index in [0.29, 0.717) is 5.69 Å². The molecule has 0 radical (unpaired) electrons. The van der Waals surface area contributed by atoms with Crippen molar-refractivity contribution in [3.8, 4) is 0 Å². The van der Waals surface area contributed by atoms with Crippen LogP contribution in [0.3, 0.4) is 0 Å². The number of para-hydroxylation sites is 1. The molecule has 5 heteroatoms. The first-order valence-electron chi connectivity index (χ1n) is 5.56. The number of carbonyl (C=O) groups excluding carboxylic acids is 1. The second-order valence-corrected chi connectivity index (χ2v) is 3.88. The highest BCUT2D eigenvalue weighted by atomic mass is 16.7. The quantitative estimate of drug-likeness (QED) is 0.874. The first-order valence-corrected chi connectivity index (χ1v) is 5.56. The van der Waals surface area contributed by atoms with Crippen LogP contribution in [0.15, 0.2) is 35.8 Å². The molecule has 0 saturated heterocycles. The van der Waals surface area contributed by atoms with Crippen LogP contribution in [0, 0.1) is 0 Å². The third-order valence-corrected chi connectivity index (χ3v) is 2.70. The van der Waals surface area contributed by atoms with Gasteiger partial charge in [0.15, 0.2) is 0 Å². The normalized spacial score (nSPS) is 15.1. The zero-order valence-electron chi connectivity index (χ0n) is 10.5. The number of carbonyl (C=O) groups is 1. The lowest BCUT2D eigenvalue weighted by atomic mass is 10.1. The molecule has 0 spiro atoms. The lowest BCUT2D eigenvalue weighted by Crippen LogP contribution is -2.14. The van der Waals surface area contributed by atoms with Crippen molar-refractivity contribution in [1.82, 2.24) is 0 Å². The predicted molar refractivity (Wildman–Crippen MR) is 65.8 cm³/mol. The Morgan fingerprint density at radius 1 is 1.22 bits per heavy atom. The second kappa shape index (κ2) is 5.00. The molecule has 0 saturated carbocycles. The number of nitrogens with one attached hydrogen (secondary N) is 1. The molecule has 1 aliphatic heterocycles. The van der Waals surface area contributed by atoms with Gasteiger partial charge in [-0.05, 0) is 26.0 Å². The van der Waals surface area contributed by atoms with Crippen molar-refractivity contribution in [3.63, 3.8) is 0 Å². The van der Waals surface area contributed by atoms with Gasteiger partial charge < -0.3 is 14.2 Å². The first kappa shape index (κ1) is 12.3. The molecule has 1 amide bonds. The van der Waals surface area contributed by atoms with E-state index in [-0.39, 0.29) is 0 Å². The monoisotopic (exact) mass is 249 g/mol. The van der Waals surface area contributed by atoms with Gasteiger partial charge in [-0.2, -0.15) is 0 Å². The molecule has 1 aromatic carbocycles. The smallest absolute Gasteiger partial charge is 0.411 e. The van der Waals surface area contributed by atoms with E-state index in [1.165, 1.54) is 7.11 Å². The lowest BCUT2D eigenvalue weighted by Gasteiger charge is -2.16. The van der Waals surface area contributed by atoms with E-state index >= 15 is 0 Å². The Balaban J connectivity index is 2.21. The fraction of sp³-hybridized carbons (Fsp3) is 0.308. The van der Waals surface area contributed by atoms with Crippen molar-refractivity contribution >= 4 is 11.8 Å². The maximum absolute atomic E-state index is 11.3. The average Bonchev–Trinajstić information content (AvgIpc) is 2.70. The van der Waals surface area contributed by atoms with E-state index in [9.17, 15) is 4.79 Å². The molecule has 1 aliphatic rings. The third kappa shape index (κ3) is 2.40. The highest BCUT2D eigenvalue weighted by Crippen LogP contribution is 2.35. The summed E-state index contributed by atoms with van der Waals surface area (Å²) >= 11 is 0. The molecule has 1 aromatic rings. The molecule has 2 rings (SSSR count). The van der Waals surface area contributed by atoms with Gasteiger partial charge in [0.05, 0.1) is 18.4 Å². The number of hydrogen-bond acceptors (Lipinski definition) is 4. The Hall–Kier alpha value is -2.17. The van der Waals surface area contributed by atoms with Gasteiger partial charge >= 0.3 is 6.09 Å². The van der Waals surface area contributed by atoms with Crippen LogP contribution in [-0.2, 0) is 14.2 Å². The van der Waals surface area contributed by atoms with Crippen molar-refractivity contribution < 1.29 is 19.0 Å². The molecule has 18 heavy (non-hydrogen) atoms. The predicted octanol–water partition coefficient (Wildman–Crippen LogP) is 3.16. The standard InChI is InChI=1S/C13H15NO4/c1-8-9(2)18-12(17-8)10-6-4-5-7-11(10)14-13(15)16-3/h4-7,12H,1-3H3,(H,14,15). The number of anilines is 1. The van der Waals surface area contributed by atoms with E-state index in [1.807, 2.05) is 32.0 Å². The topological polar surface area (TPSA) is 56.8 Å². The van der Waals surface area contributed by atoms with Crippen molar-refractivity contribution in [2.24, 2.45) is 0 Å². The number of amides is 1. The molecular weight excluding hydrogens is 234 g/mol. The van der Waals surface area contributed by atoms with E-state index in [1.54, 1.807) is 6.07 Å². The van der Waals surface area contributed by atoms with Crippen molar-refractivity contribution in [1.29, 1.82) is 0 Å². The van der Waals surface area contributed by atoms with Gasteiger partial charge in [-0.15, -0.1) is 0 Å². The van der Waals surface area contributed by atoms with Crippen molar-refractivity contribution in [3.05, 3.63) is 41.3 Å². The van der Waals surface area contributed by atoms with Gasteiger partial charge in [-0.25, -0.2) is 4.79 Å². The molecule has 0 fully saturated rings. The Bertz CT molecular complexity index is 482. The van der Waals surface area contributed by atoms with Gasteiger partial charge in [-0.1, -0.05) is 12.1 Å². The van der Waals surface area contributed by atoms with Gasteiger partial charge in [0.2, 0.25) is 0 Å². The fourth-order valence-corrected chi connectivity index (χ4v) is 1.62. The fourth-order valence-electron chi connectivity index (χ4n) is 1.62. The number of hydrogen-bond donors (Lipinski definition) is 1. The maximum atomic E-state index is 11.3. The van der Waals surface area contributed by atoms with Crippen LogP contribution in [0.2, 0.25) is 0 Å². The average molecular weight is 249 g/mol. The van der Waals surface area contributed by atoms with Crippen LogP contribution in [0.5, 0.6) is 0 Å². The molecule has 96 valence electrons. The molecule has 0 aliphatic carbocycles. The van der Waals surface area contributed by atoms with E-state index in [4.69, 9.17) is 9.47 Å². The Labute approximate surface area is 105 Å². The molecule has 1 N–H and O–H groups in total. The van der Waals surface area contributed by atoms with Crippen LogP contribution in [-0.4, -0.2) is 13.2 Å². The molecule has 0 atom stereocenters. The lowest BCUT2D eigenvalue weighted by molar-refractivity contribution is -0.0400. The Morgan fingerprint density at radius 3 is 2.44 bits per heavy atom. The van der Waals surface area contributed by atoms with Crippen LogP contribution in [0.4, 0.5) is 10.5 Å². The summed E-state index contributed by atoms with van der Waals surface area (Å²) in [4.78, 5) is 11.3. The van der Waals surface area contributed by atoms with Crippen LogP contribution in [0.25, 0.3) is 0 Å². The number of benzene rings is 1. The van der Waals surface area contributed by atoms with Crippen molar-refractivity contribution in [2.45, 2.75) is 20.1 Å². The number of allylic oxidation sites excluding steroid dienone is 2. The van der Waals surface area contributed by atoms with Crippen molar-refractivity contribution in [2.75, 3.05) is 12.4 Å². The van der Waals surface area contributed by atoms with Crippen LogP contribution in [0.1, 0.15) is 25.7 Å². The summed E-state index contributed by atoms with van der Waals surface area (Å²) in [6, 6.07) is 7.27. The molecule has 0 bridgehead atoms. The van der Waals surface area contributed by atoms with Gasteiger partial charge in [-0.3, -0.25) is 5.32 Å². The molecule has 0 unspecified atom stereocenters. The summed E-state index contributed by atoms with van der Waals surface area (Å²) in [5, 5.41) is 2.63. The van der Waals surface area contributed by atoms with E-state index < -0.39 is 12.4 Å². The minimum absolute atomic E-state index is 0.526. The zero-order chi connectivity index (χ0) is 13.1. The first-order chi connectivity index (χ1) is 8.61. The molecule has 1 heterocycles. The van der Waals surface area contributed by atoms with Crippen LogP contribution < -0.4 is 5.32 Å². The summed E-state index contributed by atoms with van der Waals surface area (Å²) in [5.41, 5.74) is 1.36. The summed E-state index contributed by atoms with van der Waals surface area (Å²) < 4.78 is 15.7. The molecule has 0 aromatic heterocycles. The summed E-state index contributed by atoms with van der Waals surface area (Å²) in [6.07, 6.45) is -1.06. The molecular formula is C13H15NO4. The SMILES string of the molecule is COC(=O)Nc1ccccc1C1OC(C)=C(C)O1. The largest absolute Gasteiger partial charge is 0.453 e. The van der Waals surface area contributed by atoms with E-state index in [2.05, 4.69) is 10.1 Å². The van der Waals surface area contributed by atoms with Gasteiger partial charge in [0.25, 0.3) is 6.29 Å². The minimum atomic E-state index is -0.529. The van der Waals surface area contributed by atoms with Crippen LogP contribution >= 0.6 is 0 Å². The zero-order valence-corrected chi connectivity index (χ0v) is 10.5. The highest BCUT2D eigenvalue weighted by molar-refractivity contribution is 5.85. The summed E-state index contributed by atoms with van der Waals surface area (Å²) in [5.74, 6) is 1.49. The minimum Gasteiger partial charge on any atom is -0.453 e. The van der Waals surface area contributed by atoms with E-state index in [0.717, 1.165) is 17.1 Å². The Kier molecular flexibility index (Phi) is 3.41. The summed E-state index contributed by atoms with van der Waals surface area (Å²) in [6.45, 7) is 3.68. The highest BCUT2D eigenvalue weighted by Gasteiger charge is 2.26. The second-order valence-electron chi connectivity index (χ2n) is 3.88. The number of methoxy groups -OCH3 is 1.